The molecule has 1 aromatic carbocycles. The van der Waals surface area contributed by atoms with Crippen LogP contribution in [0.25, 0.3) is 11.1 Å². The summed E-state index contributed by atoms with van der Waals surface area (Å²) in [5, 5.41) is 0. The first-order chi connectivity index (χ1) is 7.09. The fourth-order valence-corrected chi connectivity index (χ4v) is 1.35. The second-order valence-corrected chi connectivity index (χ2v) is 3.00. The van der Waals surface area contributed by atoms with Crippen LogP contribution in [-0.2, 0) is 6.18 Å². The lowest BCUT2D eigenvalue weighted by Gasteiger charge is -2.10. The van der Waals surface area contributed by atoms with E-state index in [9.17, 15) is 13.2 Å². The predicted octanol–water partition coefficient (Wildman–Crippen LogP) is 3.77. The fraction of sp³-hybridized carbons (Fsp3) is 0.0909. The molecule has 2 aromatic rings. The van der Waals surface area contributed by atoms with E-state index >= 15 is 0 Å². The monoisotopic (exact) mass is 211 g/mol. The maximum Gasteiger partial charge on any atom is 0.417 e. The molecular weight excluding hydrogens is 205 g/mol. The summed E-state index contributed by atoms with van der Waals surface area (Å²) >= 11 is 0. The summed E-state index contributed by atoms with van der Waals surface area (Å²) in [6, 6.07) is 6.74. The predicted molar refractivity (Wildman–Crippen MR) is 48.0 cm³/mol. The van der Waals surface area contributed by atoms with Crippen LogP contribution in [-0.4, -0.2) is 0 Å². The zero-order valence-corrected chi connectivity index (χ0v) is 7.51. The molecule has 0 aliphatic carbocycles. The molecule has 2 rings (SSSR count). The topological polar surface area (TPSA) is 13.1 Å². The van der Waals surface area contributed by atoms with Gasteiger partial charge in [-0.2, -0.15) is 13.2 Å². The zero-order chi connectivity index (χ0) is 10.9. The molecule has 0 fully saturated rings. The minimum atomic E-state index is -4.35. The van der Waals surface area contributed by atoms with Gasteiger partial charge in [0.1, 0.15) is 0 Å². The van der Waals surface area contributed by atoms with Gasteiger partial charge >= 0.3 is 6.18 Å². The summed E-state index contributed by atoms with van der Waals surface area (Å²) in [5.74, 6) is 0. The van der Waals surface area contributed by atoms with Crippen molar-refractivity contribution in [1.82, 2.24) is 0 Å². The van der Waals surface area contributed by atoms with Crippen molar-refractivity contribution in [2.24, 2.45) is 0 Å². The molecule has 0 atom stereocenters. The molecule has 0 saturated heterocycles. The maximum absolute atomic E-state index is 12.6. The van der Waals surface area contributed by atoms with Gasteiger partial charge in [-0.25, -0.2) is 0 Å². The van der Waals surface area contributed by atoms with E-state index in [2.05, 4.69) is 10.7 Å². The Morgan fingerprint density at radius 1 is 1.13 bits per heavy atom. The molecule has 0 spiro atoms. The van der Waals surface area contributed by atoms with Gasteiger partial charge in [0.2, 0.25) is 0 Å². The van der Waals surface area contributed by atoms with E-state index in [-0.39, 0.29) is 5.56 Å². The van der Waals surface area contributed by atoms with Gasteiger partial charge in [-0.1, -0.05) is 18.2 Å². The number of hydrogen-bond acceptors (Lipinski definition) is 1. The van der Waals surface area contributed by atoms with Crippen molar-refractivity contribution in [3.8, 4) is 11.1 Å². The number of hydrogen-bond donors (Lipinski definition) is 0. The van der Waals surface area contributed by atoms with Crippen molar-refractivity contribution in [3.05, 3.63) is 48.4 Å². The standard InChI is InChI=1S/C11H6F3O/c12-11(13,14)10-4-2-1-3-9(10)8-5-6-15-7-8/h1-5,7H. The SMILES string of the molecule is FC(F)(F)c1ccccc1-c1c[c]oc1. The van der Waals surface area contributed by atoms with Crippen molar-refractivity contribution in [2.75, 3.05) is 0 Å². The van der Waals surface area contributed by atoms with E-state index in [1.54, 1.807) is 6.07 Å². The third kappa shape index (κ3) is 1.88. The summed E-state index contributed by atoms with van der Waals surface area (Å²) in [6.07, 6.45) is -0.748. The molecule has 1 heterocycles. The van der Waals surface area contributed by atoms with E-state index in [1.165, 1.54) is 24.5 Å². The first-order valence-corrected chi connectivity index (χ1v) is 4.20. The first kappa shape index (κ1) is 9.83. The van der Waals surface area contributed by atoms with Crippen molar-refractivity contribution >= 4 is 0 Å². The average molecular weight is 211 g/mol. The summed E-state index contributed by atoms with van der Waals surface area (Å²) in [4.78, 5) is 0. The molecule has 0 aliphatic rings. The van der Waals surface area contributed by atoms with Gasteiger partial charge in [-0.05, 0) is 17.7 Å². The van der Waals surface area contributed by atoms with Gasteiger partial charge in [-0.15, -0.1) is 0 Å². The van der Waals surface area contributed by atoms with Crippen molar-refractivity contribution in [3.63, 3.8) is 0 Å². The molecule has 77 valence electrons. The number of halogens is 3. The molecule has 0 amide bonds. The number of rotatable bonds is 1. The van der Waals surface area contributed by atoms with Gasteiger partial charge in [-0.3, -0.25) is 0 Å². The highest BCUT2D eigenvalue weighted by Gasteiger charge is 2.33. The molecule has 4 heteroatoms. The third-order valence-electron chi connectivity index (χ3n) is 2.01. The molecule has 0 N–H and O–H groups in total. The Hall–Kier alpha value is -1.71. The number of furan rings is 1. The minimum Gasteiger partial charge on any atom is -0.460 e. The maximum atomic E-state index is 12.6. The van der Waals surface area contributed by atoms with Crippen LogP contribution in [0.1, 0.15) is 5.56 Å². The van der Waals surface area contributed by atoms with Crippen LogP contribution in [0, 0.1) is 6.26 Å². The first-order valence-electron chi connectivity index (χ1n) is 4.20. The molecule has 1 nitrogen and oxygen atoms in total. The quantitative estimate of drug-likeness (QED) is 0.699. The minimum absolute atomic E-state index is 0.106. The van der Waals surface area contributed by atoms with Crippen LogP contribution in [0.4, 0.5) is 13.2 Å². The van der Waals surface area contributed by atoms with Crippen molar-refractivity contribution in [2.45, 2.75) is 6.18 Å². The average Bonchev–Trinajstić information content (AvgIpc) is 2.69. The summed E-state index contributed by atoms with van der Waals surface area (Å²) < 4.78 is 42.4. The summed E-state index contributed by atoms with van der Waals surface area (Å²) in [7, 11) is 0. The molecular formula is C11H6F3O. The molecule has 1 radical (unpaired) electrons. The number of benzene rings is 1. The highest BCUT2D eigenvalue weighted by atomic mass is 19.4. The van der Waals surface area contributed by atoms with Gasteiger partial charge < -0.3 is 4.42 Å². The lowest BCUT2D eigenvalue weighted by Crippen LogP contribution is -2.06. The largest absolute Gasteiger partial charge is 0.460 e. The van der Waals surface area contributed by atoms with E-state index in [0.29, 0.717) is 5.56 Å². The fourth-order valence-electron chi connectivity index (χ4n) is 1.35. The smallest absolute Gasteiger partial charge is 0.417 e. The second-order valence-electron chi connectivity index (χ2n) is 3.00. The molecule has 0 bridgehead atoms. The Balaban J connectivity index is 2.58. The van der Waals surface area contributed by atoms with E-state index in [1.807, 2.05) is 0 Å². The molecule has 1 aromatic heterocycles. The Labute approximate surface area is 84.1 Å². The van der Waals surface area contributed by atoms with Gasteiger partial charge in [0, 0.05) is 5.56 Å². The summed E-state index contributed by atoms with van der Waals surface area (Å²) in [6.45, 7) is 0. The lowest BCUT2D eigenvalue weighted by atomic mass is 10.0. The van der Waals surface area contributed by atoms with Crippen LogP contribution in [0.5, 0.6) is 0 Å². The molecule has 0 saturated carbocycles. The van der Waals surface area contributed by atoms with Gasteiger partial charge in [0.25, 0.3) is 0 Å². The van der Waals surface area contributed by atoms with Crippen LogP contribution >= 0.6 is 0 Å². The molecule has 0 unspecified atom stereocenters. The Bertz CT molecular complexity index is 443. The summed E-state index contributed by atoms with van der Waals surface area (Å²) in [5.41, 5.74) is -0.183. The van der Waals surface area contributed by atoms with Crippen LogP contribution in [0.15, 0.2) is 41.0 Å². The zero-order valence-electron chi connectivity index (χ0n) is 7.51. The Morgan fingerprint density at radius 3 is 2.47 bits per heavy atom. The molecule has 15 heavy (non-hydrogen) atoms. The van der Waals surface area contributed by atoms with Gasteiger partial charge in [0.05, 0.1) is 11.8 Å². The highest BCUT2D eigenvalue weighted by Crippen LogP contribution is 2.36. The van der Waals surface area contributed by atoms with E-state index in [0.717, 1.165) is 6.07 Å². The van der Waals surface area contributed by atoms with Crippen LogP contribution in [0.2, 0.25) is 0 Å². The number of alkyl halides is 3. The molecule has 0 aliphatic heterocycles. The lowest BCUT2D eigenvalue weighted by molar-refractivity contribution is -0.137. The van der Waals surface area contributed by atoms with E-state index in [4.69, 9.17) is 0 Å². The third-order valence-corrected chi connectivity index (χ3v) is 2.01. The van der Waals surface area contributed by atoms with Gasteiger partial charge in [0.15, 0.2) is 6.26 Å². The van der Waals surface area contributed by atoms with E-state index < -0.39 is 11.7 Å². The van der Waals surface area contributed by atoms with Crippen molar-refractivity contribution in [1.29, 1.82) is 0 Å². The Kier molecular flexibility index (Phi) is 2.26. The second kappa shape index (κ2) is 3.46. The normalized spacial score (nSPS) is 11.7. The van der Waals surface area contributed by atoms with Crippen LogP contribution < -0.4 is 0 Å². The highest BCUT2D eigenvalue weighted by molar-refractivity contribution is 5.66. The Morgan fingerprint density at radius 2 is 1.87 bits per heavy atom. The van der Waals surface area contributed by atoms with Crippen LogP contribution in [0.3, 0.4) is 0 Å². The van der Waals surface area contributed by atoms with Crippen molar-refractivity contribution < 1.29 is 17.6 Å².